The van der Waals surface area contributed by atoms with Gasteiger partial charge in [0.25, 0.3) is 0 Å². The number of nitrogens with one attached hydrogen (secondary N) is 1. The number of carboxylic acids is 1. The van der Waals surface area contributed by atoms with E-state index in [0.29, 0.717) is 6.54 Å². The molecule has 1 unspecified atom stereocenters. The molecule has 96 valence electrons. The molecule has 0 radical (unpaired) electrons. The molecule has 1 aromatic rings. The molecule has 0 bridgehead atoms. The lowest BCUT2D eigenvalue weighted by Crippen LogP contribution is -2.39. The Kier molecular flexibility index (Phi) is 4.44. The van der Waals surface area contributed by atoms with E-state index in [2.05, 4.69) is 15.6 Å². The monoisotopic (exact) mass is 252 g/mol. The summed E-state index contributed by atoms with van der Waals surface area (Å²) >= 11 is 0. The van der Waals surface area contributed by atoms with Gasteiger partial charge in [0.1, 0.15) is 0 Å². The van der Waals surface area contributed by atoms with Crippen molar-refractivity contribution in [3.05, 3.63) is 12.4 Å². The van der Waals surface area contributed by atoms with Crippen molar-refractivity contribution in [3.8, 4) is 0 Å². The Morgan fingerprint density at radius 2 is 2.24 bits per heavy atom. The van der Waals surface area contributed by atoms with E-state index in [1.54, 1.807) is 6.20 Å². The van der Waals surface area contributed by atoms with Crippen molar-refractivity contribution in [3.63, 3.8) is 0 Å². The van der Waals surface area contributed by atoms with Crippen LogP contribution in [0.1, 0.15) is 0 Å². The van der Waals surface area contributed by atoms with E-state index < -0.39 is 24.6 Å². The van der Waals surface area contributed by atoms with Crippen molar-refractivity contribution in [2.24, 2.45) is 5.92 Å². The number of aliphatic carboxylic acids is 1. The summed E-state index contributed by atoms with van der Waals surface area (Å²) < 4.78 is 38.1. The first-order chi connectivity index (χ1) is 7.91. The number of carboxylic acid groups (broad SMARTS) is 1. The molecule has 0 aromatic carbocycles. The van der Waals surface area contributed by atoms with Crippen LogP contribution in [0.4, 0.5) is 13.2 Å². The van der Waals surface area contributed by atoms with Crippen LogP contribution in [0.25, 0.3) is 0 Å². The molecule has 0 saturated heterocycles. The standard InChI is InChI=1S/C8H11F3N4O2/c9-8(10,11)6(7(16)17)5-12-1-3-15-4-2-13-14-15/h2,4,6,12H,1,3,5H2,(H,16,17). The number of hydrogen-bond acceptors (Lipinski definition) is 4. The van der Waals surface area contributed by atoms with Gasteiger partial charge in [-0.15, -0.1) is 5.10 Å². The van der Waals surface area contributed by atoms with E-state index in [9.17, 15) is 18.0 Å². The van der Waals surface area contributed by atoms with Gasteiger partial charge in [-0.1, -0.05) is 5.21 Å². The van der Waals surface area contributed by atoms with Crippen molar-refractivity contribution in [2.45, 2.75) is 12.7 Å². The quantitative estimate of drug-likeness (QED) is 0.703. The van der Waals surface area contributed by atoms with E-state index in [1.165, 1.54) is 10.9 Å². The molecule has 1 rings (SSSR count). The molecule has 0 amide bonds. The Morgan fingerprint density at radius 3 is 2.71 bits per heavy atom. The zero-order valence-electron chi connectivity index (χ0n) is 8.68. The Hall–Kier alpha value is -1.64. The maximum absolute atomic E-state index is 12.2. The first-order valence-electron chi connectivity index (χ1n) is 4.75. The Bertz CT molecular complexity index is 352. The molecule has 6 nitrogen and oxygen atoms in total. The highest BCUT2D eigenvalue weighted by atomic mass is 19.4. The molecule has 2 N–H and O–H groups in total. The highest BCUT2D eigenvalue weighted by Gasteiger charge is 2.44. The lowest BCUT2D eigenvalue weighted by atomic mass is 10.1. The van der Waals surface area contributed by atoms with E-state index in [1.807, 2.05) is 0 Å². The van der Waals surface area contributed by atoms with Crippen molar-refractivity contribution < 1.29 is 23.1 Å². The molecule has 1 aromatic heterocycles. The van der Waals surface area contributed by atoms with Crippen molar-refractivity contribution in [2.75, 3.05) is 13.1 Å². The topological polar surface area (TPSA) is 80.0 Å². The van der Waals surface area contributed by atoms with Gasteiger partial charge in [0.2, 0.25) is 0 Å². The second-order valence-electron chi connectivity index (χ2n) is 3.30. The fourth-order valence-electron chi connectivity index (χ4n) is 1.14. The van der Waals surface area contributed by atoms with Crippen LogP contribution in [0.15, 0.2) is 12.4 Å². The van der Waals surface area contributed by atoms with E-state index in [0.717, 1.165) is 0 Å². The molecule has 0 aliphatic heterocycles. The third-order valence-electron chi connectivity index (χ3n) is 2.03. The van der Waals surface area contributed by atoms with E-state index in [4.69, 9.17) is 5.11 Å². The van der Waals surface area contributed by atoms with Crippen LogP contribution in [-0.2, 0) is 11.3 Å². The average Bonchev–Trinajstić information content (AvgIpc) is 2.67. The highest BCUT2D eigenvalue weighted by Crippen LogP contribution is 2.25. The van der Waals surface area contributed by atoms with Crippen LogP contribution < -0.4 is 5.32 Å². The molecule has 0 spiro atoms. The van der Waals surface area contributed by atoms with E-state index in [-0.39, 0.29) is 6.54 Å². The van der Waals surface area contributed by atoms with Gasteiger partial charge in [-0.2, -0.15) is 13.2 Å². The summed E-state index contributed by atoms with van der Waals surface area (Å²) in [6, 6.07) is 0. The van der Waals surface area contributed by atoms with Crippen LogP contribution >= 0.6 is 0 Å². The van der Waals surface area contributed by atoms with Crippen LogP contribution in [0.2, 0.25) is 0 Å². The summed E-state index contributed by atoms with van der Waals surface area (Å²) in [6.45, 7) is -0.152. The maximum atomic E-state index is 12.2. The zero-order valence-corrected chi connectivity index (χ0v) is 8.68. The molecular weight excluding hydrogens is 241 g/mol. The summed E-state index contributed by atoms with van der Waals surface area (Å²) in [6.07, 6.45) is -1.75. The molecule has 0 aliphatic rings. The van der Waals surface area contributed by atoms with Crippen LogP contribution in [0.5, 0.6) is 0 Å². The predicted octanol–water partition coefficient (Wildman–Crippen LogP) is 0.131. The number of aromatic nitrogens is 3. The third kappa shape index (κ3) is 4.39. The minimum atomic E-state index is -4.74. The van der Waals surface area contributed by atoms with Gasteiger partial charge in [0.05, 0.1) is 12.7 Å². The number of carbonyl (C=O) groups is 1. The number of alkyl halides is 3. The lowest BCUT2D eigenvalue weighted by Gasteiger charge is -2.16. The molecule has 1 heterocycles. The minimum absolute atomic E-state index is 0.184. The Balaban J connectivity index is 2.31. The molecule has 0 saturated carbocycles. The molecule has 9 heteroatoms. The van der Waals surface area contributed by atoms with Crippen LogP contribution in [-0.4, -0.2) is 45.3 Å². The molecule has 1 atom stereocenters. The van der Waals surface area contributed by atoms with Gasteiger partial charge in [0.15, 0.2) is 5.92 Å². The summed E-state index contributed by atoms with van der Waals surface area (Å²) in [5.41, 5.74) is 0. The first-order valence-corrected chi connectivity index (χ1v) is 4.75. The number of halogens is 3. The highest BCUT2D eigenvalue weighted by molar-refractivity contribution is 5.71. The number of nitrogens with zero attached hydrogens (tertiary/aromatic N) is 3. The first kappa shape index (κ1) is 13.4. The van der Waals surface area contributed by atoms with Crippen LogP contribution in [0, 0.1) is 5.92 Å². The van der Waals surface area contributed by atoms with E-state index >= 15 is 0 Å². The normalized spacial score (nSPS) is 13.6. The van der Waals surface area contributed by atoms with Crippen molar-refractivity contribution in [1.29, 1.82) is 0 Å². The van der Waals surface area contributed by atoms with Gasteiger partial charge in [-0.3, -0.25) is 9.48 Å². The van der Waals surface area contributed by atoms with Crippen molar-refractivity contribution >= 4 is 5.97 Å². The second kappa shape index (κ2) is 5.62. The van der Waals surface area contributed by atoms with Gasteiger partial charge in [-0.05, 0) is 0 Å². The molecule has 0 aliphatic carbocycles. The van der Waals surface area contributed by atoms with Gasteiger partial charge in [-0.25, -0.2) is 0 Å². The average molecular weight is 252 g/mol. The fraction of sp³-hybridized carbons (Fsp3) is 0.625. The number of rotatable bonds is 6. The smallest absolute Gasteiger partial charge is 0.403 e. The number of hydrogen-bond donors (Lipinski definition) is 2. The third-order valence-corrected chi connectivity index (χ3v) is 2.03. The Morgan fingerprint density at radius 1 is 1.53 bits per heavy atom. The molecular formula is C8H11F3N4O2. The van der Waals surface area contributed by atoms with Gasteiger partial charge >= 0.3 is 12.1 Å². The predicted molar refractivity (Wildman–Crippen MR) is 50.1 cm³/mol. The van der Waals surface area contributed by atoms with Gasteiger partial charge < -0.3 is 10.4 Å². The maximum Gasteiger partial charge on any atom is 0.403 e. The van der Waals surface area contributed by atoms with Crippen LogP contribution in [0.3, 0.4) is 0 Å². The zero-order chi connectivity index (χ0) is 12.9. The summed E-state index contributed by atoms with van der Waals surface area (Å²) in [7, 11) is 0. The Labute approximate surface area is 94.4 Å². The SMILES string of the molecule is O=C(O)C(CNCCn1ccnn1)C(F)(F)F. The van der Waals surface area contributed by atoms with Gasteiger partial charge in [0, 0.05) is 19.3 Å². The lowest BCUT2D eigenvalue weighted by molar-refractivity contribution is -0.192. The summed E-state index contributed by atoms with van der Waals surface area (Å²) in [5, 5.41) is 17.9. The summed E-state index contributed by atoms with van der Waals surface area (Å²) in [5.74, 6) is -4.27. The molecule has 0 fully saturated rings. The fourth-order valence-corrected chi connectivity index (χ4v) is 1.14. The minimum Gasteiger partial charge on any atom is -0.481 e. The molecule has 17 heavy (non-hydrogen) atoms. The van der Waals surface area contributed by atoms with Crippen molar-refractivity contribution in [1.82, 2.24) is 20.3 Å². The summed E-state index contributed by atoms with van der Waals surface area (Å²) in [4.78, 5) is 10.4. The second-order valence-corrected chi connectivity index (χ2v) is 3.30. The largest absolute Gasteiger partial charge is 0.481 e.